The number of hydrogen-bond acceptors (Lipinski definition) is 4. The molecule has 2 heterocycles. The summed E-state index contributed by atoms with van der Waals surface area (Å²) in [7, 11) is 0. The second kappa shape index (κ2) is 7.49. The lowest BCUT2D eigenvalue weighted by Gasteiger charge is -2.10. The van der Waals surface area contributed by atoms with Crippen LogP contribution in [0.4, 0.5) is 4.79 Å². The van der Waals surface area contributed by atoms with Gasteiger partial charge in [-0.3, -0.25) is 0 Å². The van der Waals surface area contributed by atoms with Gasteiger partial charge in [-0.1, -0.05) is 12.1 Å². The van der Waals surface area contributed by atoms with Gasteiger partial charge in [0, 0.05) is 23.2 Å². The molecule has 2 rings (SSSR count). The molecule has 2 aromatic heterocycles. The minimum absolute atomic E-state index is 0.204. The number of amides is 2. The van der Waals surface area contributed by atoms with Crippen molar-refractivity contribution in [3.05, 3.63) is 46.3 Å². The number of aromatic nitrogens is 1. The first-order valence-corrected chi connectivity index (χ1v) is 7.28. The molecule has 0 fully saturated rings. The van der Waals surface area contributed by atoms with E-state index in [0.29, 0.717) is 25.6 Å². The molecule has 2 amide bonds. The molecule has 0 bridgehead atoms. The van der Waals surface area contributed by atoms with E-state index in [0.717, 1.165) is 10.4 Å². The average Bonchev–Trinajstić information content (AvgIpc) is 2.98. The Bertz CT molecular complexity index is 543. The van der Waals surface area contributed by atoms with Gasteiger partial charge in [0.15, 0.2) is 0 Å². The van der Waals surface area contributed by atoms with Crippen LogP contribution in [-0.4, -0.2) is 17.6 Å². The number of carbonyl (C=O) groups excluding carboxylic acids is 1. The maximum atomic E-state index is 11.7. The van der Waals surface area contributed by atoms with E-state index in [1.807, 2.05) is 36.6 Å². The zero-order valence-corrected chi connectivity index (χ0v) is 12.1. The Morgan fingerprint density at radius 1 is 1.30 bits per heavy atom. The lowest BCUT2D eigenvalue weighted by Crippen LogP contribution is -2.34. The van der Waals surface area contributed by atoms with Gasteiger partial charge in [-0.15, -0.1) is 11.3 Å². The largest absolute Gasteiger partial charge is 0.478 e. The second-order valence-corrected chi connectivity index (χ2v) is 5.05. The summed E-state index contributed by atoms with van der Waals surface area (Å²) in [4.78, 5) is 17.0. The number of rotatable bonds is 6. The van der Waals surface area contributed by atoms with Crippen molar-refractivity contribution in [2.24, 2.45) is 0 Å². The Morgan fingerprint density at radius 3 is 2.90 bits per heavy atom. The highest BCUT2D eigenvalue weighted by atomic mass is 32.1. The number of nitrogens with one attached hydrogen (secondary N) is 2. The van der Waals surface area contributed by atoms with Gasteiger partial charge in [-0.25, -0.2) is 9.78 Å². The Hall–Kier alpha value is -2.08. The summed E-state index contributed by atoms with van der Waals surface area (Å²) >= 11 is 1.62. The van der Waals surface area contributed by atoms with Gasteiger partial charge in [0.1, 0.15) is 0 Å². The van der Waals surface area contributed by atoms with Crippen LogP contribution in [0.2, 0.25) is 0 Å². The molecule has 2 N–H and O–H groups in total. The smallest absolute Gasteiger partial charge is 0.315 e. The van der Waals surface area contributed by atoms with Crippen molar-refractivity contribution in [1.29, 1.82) is 0 Å². The summed E-state index contributed by atoms with van der Waals surface area (Å²) in [5.74, 6) is 0.563. The highest BCUT2D eigenvalue weighted by molar-refractivity contribution is 7.09. The fourth-order valence-electron chi connectivity index (χ4n) is 1.64. The maximum absolute atomic E-state index is 11.7. The summed E-state index contributed by atoms with van der Waals surface area (Å²) < 4.78 is 5.41. The third-order valence-corrected chi connectivity index (χ3v) is 3.45. The van der Waals surface area contributed by atoms with Crippen LogP contribution in [0, 0.1) is 0 Å². The van der Waals surface area contributed by atoms with Crippen molar-refractivity contribution >= 4 is 17.4 Å². The molecule has 6 heteroatoms. The van der Waals surface area contributed by atoms with Crippen LogP contribution in [-0.2, 0) is 13.1 Å². The minimum Gasteiger partial charge on any atom is -0.478 e. The molecule has 5 nitrogen and oxygen atoms in total. The number of urea groups is 1. The van der Waals surface area contributed by atoms with Crippen LogP contribution in [0.1, 0.15) is 17.4 Å². The monoisotopic (exact) mass is 291 g/mol. The summed E-state index contributed by atoms with van der Waals surface area (Å²) in [6.45, 7) is 3.38. The van der Waals surface area contributed by atoms with Gasteiger partial charge < -0.3 is 15.4 Å². The van der Waals surface area contributed by atoms with E-state index in [9.17, 15) is 4.79 Å². The predicted octanol–water partition coefficient (Wildman–Crippen LogP) is 2.54. The van der Waals surface area contributed by atoms with E-state index in [2.05, 4.69) is 15.6 Å². The van der Waals surface area contributed by atoms with Crippen molar-refractivity contribution in [2.75, 3.05) is 6.61 Å². The number of carbonyl (C=O) groups is 1. The molecule has 0 spiro atoms. The molecule has 0 atom stereocenters. The molecular formula is C14H17N3O2S. The molecule has 106 valence electrons. The molecule has 0 aliphatic rings. The third-order valence-electron chi connectivity index (χ3n) is 2.57. The number of nitrogens with zero attached hydrogens (tertiary/aromatic N) is 1. The van der Waals surface area contributed by atoms with Crippen molar-refractivity contribution in [3.63, 3.8) is 0 Å². The Kier molecular flexibility index (Phi) is 5.37. The first-order chi connectivity index (χ1) is 9.79. The molecule has 0 aromatic carbocycles. The van der Waals surface area contributed by atoms with Gasteiger partial charge in [0.05, 0.1) is 13.2 Å². The van der Waals surface area contributed by atoms with Crippen LogP contribution >= 0.6 is 11.3 Å². The average molecular weight is 291 g/mol. The first-order valence-electron chi connectivity index (χ1n) is 6.40. The van der Waals surface area contributed by atoms with Crippen molar-refractivity contribution < 1.29 is 9.53 Å². The highest BCUT2D eigenvalue weighted by Gasteiger charge is 2.06. The van der Waals surface area contributed by atoms with Gasteiger partial charge in [0.25, 0.3) is 0 Å². The maximum Gasteiger partial charge on any atom is 0.315 e. The quantitative estimate of drug-likeness (QED) is 0.859. The molecule has 0 unspecified atom stereocenters. The van der Waals surface area contributed by atoms with E-state index in [-0.39, 0.29) is 6.03 Å². The zero-order chi connectivity index (χ0) is 14.2. The number of pyridine rings is 1. The highest BCUT2D eigenvalue weighted by Crippen LogP contribution is 2.13. The van der Waals surface area contributed by atoms with Crippen LogP contribution in [0.25, 0.3) is 0 Å². The van der Waals surface area contributed by atoms with Crippen LogP contribution in [0.5, 0.6) is 5.88 Å². The second-order valence-electron chi connectivity index (χ2n) is 4.02. The summed E-state index contributed by atoms with van der Waals surface area (Å²) in [6, 6.07) is 7.45. The van der Waals surface area contributed by atoms with Gasteiger partial charge >= 0.3 is 6.03 Å². The molecule has 0 saturated carbocycles. The third kappa shape index (κ3) is 4.24. The summed E-state index contributed by atoms with van der Waals surface area (Å²) in [6.07, 6.45) is 1.67. The van der Waals surface area contributed by atoms with Gasteiger partial charge in [-0.2, -0.15) is 0 Å². The molecule has 0 aliphatic carbocycles. The summed E-state index contributed by atoms with van der Waals surface area (Å²) in [5, 5.41) is 7.59. The van der Waals surface area contributed by atoms with Crippen molar-refractivity contribution in [1.82, 2.24) is 15.6 Å². The van der Waals surface area contributed by atoms with E-state index in [1.165, 1.54) is 0 Å². The molecule has 0 aliphatic heterocycles. The van der Waals surface area contributed by atoms with Crippen LogP contribution in [0.3, 0.4) is 0 Å². The Balaban J connectivity index is 1.81. The van der Waals surface area contributed by atoms with Crippen molar-refractivity contribution in [3.8, 4) is 5.88 Å². The fraction of sp³-hybridized carbons (Fsp3) is 0.286. The zero-order valence-electron chi connectivity index (χ0n) is 11.3. The molecule has 20 heavy (non-hydrogen) atoms. The van der Waals surface area contributed by atoms with E-state index in [1.54, 1.807) is 17.5 Å². The molecular weight excluding hydrogens is 274 g/mol. The SMILES string of the molecule is CCOc1ncccc1CNC(=O)NCc1cccs1. The summed E-state index contributed by atoms with van der Waals surface area (Å²) in [5.41, 5.74) is 0.862. The number of hydrogen-bond donors (Lipinski definition) is 2. The molecule has 2 aromatic rings. The number of ether oxygens (including phenoxy) is 1. The van der Waals surface area contributed by atoms with E-state index >= 15 is 0 Å². The molecule has 0 radical (unpaired) electrons. The lowest BCUT2D eigenvalue weighted by atomic mass is 10.2. The Labute approximate surface area is 122 Å². The first kappa shape index (κ1) is 14.3. The van der Waals surface area contributed by atoms with Crippen LogP contribution < -0.4 is 15.4 Å². The van der Waals surface area contributed by atoms with Crippen LogP contribution in [0.15, 0.2) is 35.8 Å². The molecule has 0 saturated heterocycles. The number of thiophene rings is 1. The van der Waals surface area contributed by atoms with Crippen molar-refractivity contribution in [2.45, 2.75) is 20.0 Å². The van der Waals surface area contributed by atoms with Gasteiger partial charge in [-0.05, 0) is 24.4 Å². The van der Waals surface area contributed by atoms with Gasteiger partial charge in [0.2, 0.25) is 5.88 Å². The Morgan fingerprint density at radius 2 is 2.15 bits per heavy atom. The van der Waals surface area contributed by atoms with E-state index < -0.39 is 0 Å². The minimum atomic E-state index is -0.204. The normalized spacial score (nSPS) is 10.1. The fourth-order valence-corrected chi connectivity index (χ4v) is 2.29. The van der Waals surface area contributed by atoms with E-state index in [4.69, 9.17) is 4.74 Å². The predicted molar refractivity (Wildman–Crippen MR) is 78.8 cm³/mol. The standard InChI is InChI=1S/C14H17N3O2S/c1-2-19-13-11(5-3-7-15-13)9-16-14(18)17-10-12-6-4-8-20-12/h3-8H,2,9-10H2,1H3,(H2,16,17,18). The lowest BCUT2D eigenvalue weighted by molar-refractivity contribution is 0.240. The topological polar surface area (TPSA) is 63.2 Å².